The molecule has 0 aliphatic carbocycles. The van der Waals surface area contributed by atoms with Gasteiger partial charge < -0.3 is 19.5 Å². The van der Waals surface area contributed by atoms with E-state index in [4.69, 9.17) is 14.2 Å². The topological polar surface area (TPSA) is 104 Å². The van der Waals surface area contributed by atoms with Crippen molar-refractivity contribution in [3.05, 3.63) is 94.0 Å². The number of allylic oxidation sites excluding steroid dienone is 1. The van der Waals surface area contributed by atoms with Crippen molar-refractivity contribution < 1.29 is 37.4 Å². The molecule has 0 unspecified atom stereocenters. The minimum Gasteiger partial charge on any atom is -0.493 e. The van der Waals surface area contributed by atoms with Gasteiger partial charge in [-0.05, 0) is 68.5 Å². The zero-order valence-electron chi connectivity index (χ0n) is 23.8. The number of carbonyl (C=O) groups is 3. The molecule has 216 valence electrons. The molecule has 0 aliphatic rings. The molecule has 3 aromatic rings. The van der Waals surface area contributed by atoms with Gasteiger partial charge >= 0.3 is 11.9 Å². The van der Waals surface area contributed by atoms with Crippen molar-refractivity contribution in [2.75, 3.05) is 7.11 Å². The van der Waals surface area contributed by atoms with E-state index in [2.05, 4.69) is 10.3 Å². The molecule has 1 amide bonds. The fourth-order valence-corrected chi connectivity index (χ4v) is 3.90. The van der Waals surface area contributed by atoms with Gasteiger partial charge in [-0.25, -0.2) is 18.6 Å². The number of carbonyl (C=O) groups excluding carboxylic acids is 3. The summed E-state index contributed by atoms with van der Waals surface area (Å²) in [6, 6.07) is 9.23. The van der Waals surface area contributed by atoms with Crippen molar-refractivity contribution in [3.63, 3.8) is 0 Å². The van der Waals surface area contributed by atoms with Crippen LogP contribution >= 0.6 is 0 Å². The Morgan fingerprint density at radius 1 is 0.976 bits per heavy atom. The van der Waals surface area contributed by atoms with Gasteiger partial charge in [0.25, 0.3) is 5.91 Å². The first-order valence-corrected chi connectivity index (χ1v) is 13.0. The second-order valence-electron chi connectivity index (χ2n) is 9.39. The molecule has 0 radical (unpaired) electrons. The van der Waals surface area contributed by atoms with Crippen molar-refractivity contribution in [3.8, 4) is 11.5 Å². The molecule has 2 aromatic carbocycles. The van der Waals surface area contributed by atoms with Crippen LogP contribution in [0.2, 0.25) is 0 Å². The molecule has 3 rings (SSSR count). The van der Waals surface area contributed by atoms with E-state index in [1.807, 2.05) is 0 Å². The highest BCUT2D eigenvalue weighted by atomic mass is 19.1. The average Bonchev–Trinajstić information content (AvgIpc) is 2.92. The molecule has 0 spiro atoms. The number of nitrogens with one attached hydrogen (secondary N) is 1. The normalized spacial score (nSPS) is 11.3. The highest BCUT2D eigenvalue weighted by Crippen LogP contribution is 2.31. The van der Waals surface area contributed by atoms with Crippen molar-refractivity contribution in [1.82, 2.24) is 10.3 Å². The van der Waals surface area contributed by atoms with Gasteiger partial charge in [0.2, 0.25) is 5.75 Å². The number of ether oxygens (including phenoxy) is 3. The van der Waals surface area contributed by atoms with Gasteiger partial charge in [0.15, 0.2) is 11.4 Å². The number of halogens is 2. The molecule has 0 saturated carbocycles. The molecule has 1 N–H and O–H groups in total. The Labute approximate surface area is 237 Å². The number of rotatable bonds is 10. The van der Waals surface area contributed by atoms with Crippen LogP contribution < -0.4 is 14.8 Å². The van der Waals surface area contributed by atoms with Gasteiger partial charge in [-0.2, -0.15) is 0 Å². The molecule has 8 nitrogen and oxygen atoms in total. The van der Waals surface area contributed by atoms with Gasteiger partial charge in [-0.1, -0.05) is 31.2 Å². The summed E-state index contributed by atoms with van der Waals surface area (Å²) in [5.74, 6) is -3.18. The van der Waals surface area contributed by atoms with Crippen LogP contribution in [-0.2, 0) is 14.3 Å². The number of pyridine rings is 1. The maximum atomic E-state index is 14.5. The number of benzene rings is 2. The van der Waals surface area contributed by atoms with Gasteiger partial charge in [0.1, 0.15) is 23.4 Å². The SMILES string of the molecule is CCCC(=O)Oc1c(OC)ccnc1C(=O)N[C@@H](C)C(=O)OC(C)=C(c1ccc(C)c(F)c1)c1ccc(C)c(F)c1. The summed E-state index contributed by atoms with van der Waals surface area (Å²) >= 11 is 0. The van der Waals surface area contributed by atoms with E-state index in [0.717, 1.165) is 0 Å². The zero-order chi connectivity index (χ0) is 30.3. The van der Waals surface area contributed by atoms with Crippen molar-refractivity contribution >= 4 is 23.4 Å². The number of methoxy groups -OCH3 is 1. The highest BCUT2D eigenvalue weighted by molar-refractivity contribution is 5.99. The first-order valence-electron chi connectivity index (χ1n) is 13.0. The summed E-state index contributed by atoms with van der Waals surface area (Å²) in [4.78, 5) is 42.2. The smallest absolute Gasteiger partial charge is 0.333 e. The van der Waals surface area contributed by atoms with E-state index >= 15 is 0 Å². The maximum absolute atomic E-state index is 14.5. The lowest BCUT2D eigenvalue weighted by atomic mass is 9.95. The number of esters is 2. The molecule has 0 aliphatic heterocycles. The van der Waals surface area contributed by atoms with E-state index < -0.39 is 35.5 Å². The molecule has 1 heterocycles. The summed E-state index contributed by atoms with van der Waals surface area (Å²) in [6.07, 6.45) is 1.95. The minimum absolute atomic E-state index is 0.0660. The number of hydrogen-bond acceptors (Lipinski definition) is 7. The minimum atomic E-state index is -1.18. The van der Waals surface area contributed by atoms with Crippen LogP contribution in [0.5, 0.6) is 11.5 Å². The molecular weight excluding hydrogens is 534 g/mol. The number of amides is 1. The molecule has 1 atom stereocenters. The van der Waals surface area contributed by atoms with Gasteiger partial charge in [-0.15, -0.1) is 0 Å². The number of aromatic nitrogens is 1. The number of hydrogen-bond donors (Lipinski definition) is 1. The second-order valence-corrected chi connectivity index (χ2v) is 9.39. The Hall–Kier alpha value is -4.60. The summed E-state index contributed by atoms with van der Waals surface area (Å²) in [6.45, 7) is 7.91. The Bertz CT molecular complexity index is 1450. The summed E-state index contributed by atoms with van der Waals surface area (Å²) in [5, 5.41) is 2.48. The molecule has 0 saturated heterocycles. The quantitative estimate of drug-likeness (QED) is 0.243. The fraction of sp³-hybridized carbons (Fsp3) is 0.290. The zero-order valence-corrected chi connectivity index (χ0v) is 23.8. The average molecular weight is 567 g/mol. The third-order valence-electron chi connectivity index (χ3n) is 6.20. The van der Waals surface area contributed by atoms with Crippen LogP contribution in [0, 0.1) is 25.5 Å². The largest absolute Gasteiger partial charge is 0.493 e. The Morgan fingerprint density at radius 2 is 1.56 bits per heavy atom. The van der Waals surface area contributed by atoms with Crippen LogP contribution in [0.1, 0.15) is 66.4 Å². The second kappa shape index (κ2) is 13.6. The lowest BCUT2D eigenvalue weighted by Gasteiger charge is -2.18. The summed E-state index contributed by atoms with van der Waals surface area (Å²) in [7, 11) is 1.35. The highest BCUT2D eigenvalue weighted by Gasteiger charge is 2.26. The standard InChI is InChI=1S/C31H32F2N2O6/c1-7-8-26(36)41-29-25(39-6)13-14-34-28(29)30(37)35-19(4)31(38)40-20(5)27(21-11-9-17(2)23(32)15-21)22-12-10-18(3)24(33)16-22/h9-16,19H,7-8H2,1-6H3,(H,35,37)/t19-/m0/s1. The number of aryl methyl sites for hydroxylation is 2. The lowest BCUT2D eigenvalue weighted by molar-refractivity contribution is -0.141. The Balaban J connectivity index is 1.90. The van der Waals surface area contributed by atoms with E-state index in [1.54, 1.807) is 45.0 Å². The van der Waals surface area contributed by atoms with E-state index in [0.29, 0.717) is 34.2 Å². The first kappa shape index (κ1) is 30.9. The molecular formula is C31H32F2N2O6. The van der Waals surface area contributed by atoms with E-state index in [1.165, 1.54) is 45.4 Å². The predicted molar refractivity (Wildman–Crippen MR) is 148 cm³/mol. The van der Waals surface area contributed by atoms with Crippen molar-refractivity contribution in [2.45, 2.75) is 53.5 Å². The number of nitrogens with zero attached hydrogens (tertiary/aromatic N) is 1. The van der Waals surface area contributed by atoms with E-state index in [9.17, 15) is 23.2 Å². The molecule has 1 aromatic heterocycles. The molecule has 41 heavy (non-hydrogen) atoms. The third kappa shape index (κ3) is 7.53. The Kier molecular flexibility index (Phi) is 10.3. The van der Waals surface area contributed by atoms with Crippen LogP contribution in [0.15, 0.2) is 54.4 Å². The van der Waals surface area contributed by atoms with Crippen molar-refractivity contribution in [2.24, 2.45) is 0 Å². The van der Waals surface area contributed by atoms with Gasteiger partial charge in [0, 0.05) is 24.3 Å². The van der Waals surface area contributed by atoms with E-state index in [-0.39, 0.29) is 29.4 Å². The summed E-state index contributed by atoms with van der Waals surface area (Å²) < 4.78 is 45.1. The third-order valence-corrected chi connectivity index (χ3v) is 6.20. The van der Waals surface area contributed by atoms with Crippen LogP contribution in [0.3, 0.4) is 0 Å². The van der Waals surface area contributed by atoms with Gasteiger partial charge in [-0.3, -0.25) is 9.59 Å². The van der Waals surface area contributed by atoms with Crippen LogP contribution in [0.4, 0.5) is 8.78 Å². The van der Waals surface area contributed by atoms with Crippen LogP contribution in [-0.4, -0.2) is 36.0 Å². The Morgan fingerprint density at radius 3 is 2.07 bits per heavy atom. The summed E-state index contributed by atoms with van der Waals surface area (Å²) in [5.41, 5.74) is 1.62. The first-order chi connectivity index (χ1) is 19.5. The molecule has 0 fully saturated rings. The lowest BCUT2D eigenvalue weighted by Crippen LogP contribution is -2.40. The van der Waals surface area contributed by atoms with Crippen molar-refractivity contribution in [1.29, 1.82) is 0 Å². The van der Waals surface area contributed by atoms with Gasteiger partial charge in [0.05, 0.1) is 7.11 Å². The molecule has 0 bridgehead atoms. The predicted octanol–water partition coefficient (Wildman–Crippen LogP) is 5.83. The fourth-order valence-electron chi connectivity index (χ4n) is 3.90. The molecule has 10 heteroatoms. The van der Waals surface area contributed by atoms with Crippen LogP contribution in [0.25, 0.3) is 5.57 Å². The maximum Gasteiger partial charge on any atom is 0.333 e. The monoisotopic (exact) mass is 566 g/mol.